The van der Waals surface area contributed by atoms with Gasteiger partial charge in [0.2, 0.25) is 0 Å². The van der Waals surface area contributed by atoms with Gasteiger partial charge in [-0.05, 0) is 24.6 Å². The maximum absolute atomic E-state index is 13.3. The van der Waals surface area contributed by atoms with Gasteiger partial charge < -0.3 is 39.1 Å². The van der Waals surface area contributed by atoms with Crippen LogP contribution < -0.4 is 10.6 Å². The zero-order valence-electron chi connectivity index (χ0n) is 26.8. The fraction of sp³-hybridized carbons (Fsp3) is 0.448. The molecule has 1 unspecified atom stereocenters. The highest BCUT2D eigenvalue weighted by atomic mass is 16.7. The van der Waals surface area contributed by atoms with Crippen LogP contribution in [0.1, 0.15) is 58.1 Å². The molecule has 0 bridgehead atoms. The molecular formula is C29H32N6O14. The van der Waals surface area contributed by atoms with E-state index < -0.39 is 90.7 Å². The summed E-state index contributed by atoms with van der Waals surface area (Å²) in [5.41, 5.74) is 0.452. The summed E-state index contributed by atoms with van der Waals surface area (Å²) in [6, 6.07) is 3.64. The number of nitrogens with zero attached hydrogens (tertiary/aromatic N) is 4. The molecule has 1 saturated heterocycles. The summed E-state index contributed by atoms with van der Waals surface area (Å²) in [6.45, 7) is 4.97. The molecule has 2 aliphatic heterocycles. The van der Waals surface area contributed by atoms with Gasteiger partial charge in [0.15, 0.2) is 24.5 Å². The number of urea groups is 1. The SMILES string of the molecule is CC(=O)OC[C@H]1O[C@@H](n2cc(COC(=O)C3=C(C)NC(=O)NC3c3ccc([N+](=O)[O-])cc3)nn2)[C@H](OC(C)=O)[C@@H](OC(C)=O)[C@@H]1OC(C)=O. The Morgan fingerprint density at radius 2 is 1.53 bits per heavy atom. The summed E-state index contributed by atoms with van der Waals surface area (Å²) in [5, 5.41) is 24.1. The number of carbonyl (C=O) groups is 6. The van der Waals surface area contributed by atoms with E-state index in [-0.39, 0.29) is 22.7 Å². The number of allylic oxidation sites excluding steroid dienone is 1. The van der Waals surface area contributed by atoms with Crippen LogP contribution in [0, 0.1) is 10.1 Å². The molecule has 1 aromatic carbocycles. The van der Waals surface area contributed by atoms with Crippen molar-refractivity contribution in [2.45, 2.75) is 77.9 Å². The van der Waals surface area contributed by atoms with E-state index in [2.05, 4.69) is 20.9 Å². The van der Waals surface area contributed by atoms with Crippen LogP contribution in [-0.4, -0.2) is 86.8 Å². The largest absolute Gasteiger partial charge is 0.463 e. The van der Waals surface area contributed by atoms with Gasteiger partial charge in [-0.2, -0.15) is 0 Å². The van der Waals surface area contributed by atoms with Gasteiger partial charge in [0.05, 0.1) is 22.7 Å². The number of aromatic nitrogens is 3. The molecule has 6 atom stereocenters. The second kappa shape index (κ2) is 15.3. The molecule has 0 saturated carbocycles. The number of hydrogen-bond donors (Lipinski definition) is 2. The Balaban J connectivity index is 1.59. The van der Waals surface area contributed by atoms with E-state index in [9.17, 15) is 38.9 Å². The van der Waals surface area contributed by atoms with Crippen LogP contribution in [0.3, 0.4) is 0 Å². The minimum atomic E-state index is -1.45. The Morgan fingerprint density at radius 3 is 2.12 bits per heavy atom. The first kappa shape index (κ1) is 35.9. The molecule has 20 heteroatoms. The number of esters is 5. The quantitative estimate of drug-likeness (QED) is 0.143. The van der Waals surface area contributed by atoms with Gasteiger partial charge in [-0.3, -0.25) is 29.3 Å². The molecule has 2 N–H and O–H groups in total. The fourth-order valence-corrected chi connectivity index (χ4v) is 5.14. The van der Waals surface area contributed by atoms with E-state index >= 15 is 0 Å². The van der Waals surface area contributed by atoms with Crippen molar-refractivity contribution in [1.82, 2.24) is 25.6 Å². The Kier molecular flexibility index (Phi) is 11.2. The number of benzene rings is 1. The van der Waals surface area contributed by atoms with Crippen LogP contribution in [-0.2, 0) is 59.0 Å². The summed E-state index contributed by atoms with van der Waals surface area (Å²) in [6.07, 6.45) is -5.62. The number of rotatable bonds is 11. The summed E-state index contributed by atoms with van der Waals surface area (Å²) in [7, 11) is 0. The first-order valence-corrected chi connectivity index (χ1v) is 14.6. The molecule has 0 spiro atoms. The number of nitro groups is 1. The third-order valence-corrected chi connectivity index (χ3v) is 7.06. The molecule has 2 amide bonds. The topological polar surface area (TPSA) is 256 Å². The predicted molar refractivity (Wildman–Crippen MR) is 157 cm³/mol. The first-order chi connectivity index (χ1) is 23.1. The Labute approximate surface area is 277 Å². The number of nitrogens with one attached hydrogen (secondary N) is 2. The van der Waals surface area contributed by atoms with Crippen LogP contribution in [0.4, 0.5) is 10.5 Å². The minimum Gasteiger partial charge on any atom is -0.463 e. The number of ether oxygens (including phenoxy) is 6. The highest BCUT2D eigenvalue weighted by molar-refractivity contribution is 5.95. The summed E-state index contributed by atoms with van der Waals surface area (Å²) < 4.78 is 33.9. The van der Waals surface area contributed by atoms with Gasteiger partial charge in [-0.15, -0.1) is 5.10 Å². The van der Waals surface area contributed by atoms with Gasteiger partial charge in [-0.25, -0.2) is 14.3 Å². The third kappa shape index (κ3) is 8.91. The average molecular weight is 689 g/mol. The first-order valence-electron chi connectivity index (χ1n) is 14.6. The van der Waals surface area contributed by atoms with Crippen molar-refractivity contribution in [3.63, 3.8) is 0 Å². The molecule has 4 rings (SSSR count). The van der Waals surface area contributed by atoms with Crippen LogP contribution in [0.2, 0.25) is 0 Å². The molecule has 2 aliphatic rings. The zero-order chi connectivity index (χ0) is 36.0. The monoisotopic (exact) mass is 688 g/mol. The number of non-ortho nitro benzene ring substituents is 1. The Morgan fingerprint density at radius 1 is 0.918 bits per heavy atom. The van der Waals surface area contributed by atoms with E-state index in [4.69, 9.17) is 28.4 Å². The van der Waals surface area contributed by atoms with Crippen molar-refractivity contribution in [3.8, 4) is 0 Å². The van der Waals surface area contributed by atoms with E-state index in [1.54, 1.807) is 0 Å². The van der Waals surface area contributed by atoms with Gasteiger partial charge >= 0.3 is 35.9 Å². The van der Waals surface area contributed by atoms with Crippen molar-refractivity contribution < 1.29 is 62.1 Å². The zero-order valence-corrected chi connectivity index (χ0v) is 26.8. The summed E-state index contributed by atoms with van der Waals surface area (Å²) >= 11 is 0. The fourth-order valence-electron chi connectivity index (χ4n) is 5.14. The number of nitro benzene ring substituents is 1. The third-order valence-electron chi connectivity index (χ3n) is 7.06. The molecule has 1 aromatic heterocycles. The number of amides is 2. The highest BCUT2D eigenvalue weighted by Crippen LogP contribution is 2.35. The van der Waals surface area contributed by atoms with E-state index in [0.717, 1.165) is 32.4 Å². The van der Waals surface area contributed by atoms with Crippen molar-refractivity contribution in [3.05, 3.63) is 63.1 Å². The smallest absolute Gasteiger partial charge is 0.338 e. The van der Waals surface area contributed by atoms with Crippen LogP contribution in [0.5, 0.6) is 0 Å². The molecule has 3 heterocycles. The normalized spacial score (nSPS) is 23.3. The maximum Gasteiger partial charge on any atom is 0.338 e. The van der Waals surface area contributed by atoms with Crippen LogP contribution in [0.15, 0.2) is 41.7 Å². The molecule has 1 fully saturated rings. The molecule has 0 aliphatic carbocycles. The minimum absolute atomic E-state index is 0.0143. The standard InChI is InChI=1S/C29H32N6O14/c1-13-22(23(31-29(41)30-13)18-6-8-20(9-7-18)35(42)43)28(40)45-11-19-10-34(33-32-19)27-26(48-17(5)39)25(47-16(4)38)24(46-15(3)37)21(49-27)12-44-14(2)36/h6-10,21,23-27H,11-12H2,1-5H3,(H2,30,31,41)/t21-,23?,24-,25+,26-,27-/m1/s1. The maximum atomic E-state index is 13.3. The Bertz CT molecular complexity index is 1670. The molecular weight excluding hydrogens is 656 g/mol. The van der Waals surface area contributed by atoms with Crippen molar-refractivity contribution in [2.75, 3.05) is 6.61 Å². The second-order valence-corrected chi connectivity index (χ2v) is 10.8. The lowest BCUT2D eigenvalue weighted by molar-refractivity contribution is -0.384. The van der Waals surface area contributed by atoms with Gasteiger partial charge in [0.1, 0.15) is 25.0 Å². The molecule has 49 heavy (non-hydrogen) atoms. The lowest BCUT2D eigenvalue weighted by atomic mass is 9.95. The Hall–Kier alpha value is -5.92. The van der Waals surface area contributed by atoms with Crippen molar-refractivity contribution in [2.24, 2.45) is 0 Å². The predicted octanol–water partition coefficient (Wildman–Crippen LogP) is 0.813. The second-order valence-electron chi connectivity index (χ2n) is 10.8. The van der Waals surface area contributed by atoms with E-state index in [1.165, 1.54) is 37.4 Å². The van der Waals surface area contributed by atoms with Gasteiger partial charge in [0, 0.05) is 45.5 Å². The summed E-state index contributed by atoms with van der Waals surface area (Å²) in [5.74, 6) is -3.98. The molecule has 0 radical (unpaired) electrons. The molecule has 2 aromatic rings. The van der Waals surface area contributed by atoms with E-state index in [0.29, 0.717) is 5.56 Å². The van der Waals surface area contributed by atoms with Crippen LogP contribution in [0.25, 0.3) is 0 Å². The van der Waals surface area contributed by atoms with E-state index in [1.807, 2.05) is 0 Å². The highest BCUT2D eigenvalue weighted by Gasteiger charge is 2.53. The number of hydrogen-bond acceptors (Lipinski definition) is 16. The lowest BCUT2D eigenvalue weighted by Crippen LogP contribution is -2.60. The molecule has 262 valence electrons. The lowest BCUT2D eigenvalue weighted by Gasteiger charge is -2.44. The van der Waals surface area contributed by atoms with Crippen LogP contribution >= 0.6 is 0 Å². The summed E-state index contributed by atoms with van der Waals surface area (Å²) in [4.78, 5) is 83.8. The van der Waals surface area contributed by atoms with Crippen molar-refractivity contribution in [1.29, 1.82) is 0 Å². The van der Waals surface area contributed by atoms with Gasteiger partial charge in [0.25, 0.3) is 5.69 Å². The number of carbonyl (C=O) groups excluding carboxylic acids is 6. The van der Waals surface area contributed by atoms with Crippen molar-refractivity contribution >= 4 is 41.6 Å². The van der Waals surface area contributed by atoms with Gasteiger partial charge in [-0.1, -0.05) is 5.21 Å². The molecule has 20 nitrogen and oxygen atoms in total. The average Bonchev–Trinajstić information content (AvgIpc) is 3.48.